The molecule has 0 saturated heterocycles. The first-order valence-corrected chi connectivity index (χ1v) is 3.97. The average Bonchev–Trinajstić information content (AvgIpc) is 2.43. The summed E-state index contributed by atoms with van der Waals surface area (Å²) in [5.74, 6) is -0.382. The molecule has 0 amide bonds. The van der Waals surface area contributed by atoms with Gasteiger partial charge in [-0.05, 0) is 11.8 Å². The molecule has 0 fully saturated rings. The summed E-state index contributed by atoms with van der Waals surface area (Å²) in [5.41, 5.74) is 7.41. The van der Waals surface area contributed by atoms with Crippen LogP contribution in [0.4, 0.5) is 8.78 Å². The van der Waals surface area contributed by atoms with Crippen LogP contribution in [0.1, 0.15) is 0 Å². The molecule has 66 valence electrons. The molecule has 0 spiro atoms. The van der Waals surface area contributed by atoms with Gasteiger partial charge in [-0.15, -0.1) is 5.10 Å². The fourth-order valence-corrected chi connectivity index (χ4v) is 1.64. The van der Waals surface area contributed by atoms with E-state index in [1.165, 1.54) is 0 Å². The van der Waals surface area contributed by atoms with Gasteiger partial charge in [-0.25, -0.2) is 13.8 Å². The summed E-state index contributed by atoms with van der Waals surface area (Å²) in [4.78, 5) is 0. The van der Waals surface area contributed by atoms with E-state index < -0.39 is 11.9 Å². The monoisotopic (exact) mass is 193 g/mol. The molecule has 0 aromatic rings. The Morgan fingerprint density at radius 2 is 2.42 bits per heavy atom. The summed E-state index contributed by atoms with van der Waals surface area (Å²) in [5, 5.41) is 8.44. The lowest BCUT2D eigenvalue weighted by Gasteiger charge is -2.12. The molecule has 8 heteroatoms. The summed E-state index contributed by atoms with van der Waals surface area (Å²) >= 11 is 1.15. The zero-order chi connectivity index (χ0) is 8.72. The number of alkyl halides is 2. The molecule has 3 N–H and O–H groups in total. The van der Waals surface area contributed by atoms with Crippen molar-refractivity contribution in [3.63, 3.8) is 0 Å². The number of amidine groups is 2. The molecule has 1 atom stereocenters. The summed E-state index contributed by atoms with van der Waals surface area (Å²) in [7, 11) is 0. The summed E-state index contributed by atoms with van der Waals surface area (Å²) < 4.78 is 24.3. The Labute approximate surface area is 70.7 Å². The molecular weight excluding hydrogens is 188 g/mol. The van der Waals surface area contributed by atoms with E-state index in [1.807, 2.05) is 0 Å². The Kier molecular flexibility index (Phi) is 1.56. The van der Waals surface area contributed by atoms with Crippen LogP contribution in [0.2, 0.25) is 0 Å². The smallest absolute Gasteiger partial charge is 0.298 e. The second-order valence-electron chi connectivity index (χ2n) is 2.15. The maximum absolute atomic E-state index is 12.2. The van der Waals surface area contributed by atoms with Crippen LogP contribution in [0.15, 0.2) is 10.2 Å². The normalized spacial score (nSPS) is 26.9. The standard InChI is InChI=1S/C4H5F2N5S/c5-1(6)2-8-9-4-11(2)10-3(7)12-4/h1,4,9H,(H2,7,10). The number of nitrogens with two attached hydrogens (primary N) is 1. The molecule has 0 bridgehead atoms. The predicted molar refractivity (Wildman–Crippen MR) is 41.4 cm³/mol. The van der Waals surface area contributed by atoms with Crippen LogP contribution in [0, 0.1) is 0 Å². The first kappa shape index (κ1) is 7.59. The molecule has 2 rings (SSSR count). The third kappa shape index (κ3) is 0.986. The minimum Gasteiger partial charge on any atom is -0.377 e. The SMILES string of the molecule is NC1=NN2C(C(F)F)=NNC2S1. The van der Waals surface area contributed by atoms with Crippen LogP contribution in [0.3, 0.4) is 0 Å². The van der Waals surface area contributed by atoms with Crippen molar-refractivity contribution >= 4 is 22.8 Å². The van der Waals surface area contributed by atoms with E-state index in [0.29, 0.717) is 0 Å². The number of hydrogen-bond acceptors (Lipinski definition) is 6. The van der Waals surface area contributed by atoms with Gasteiger partial charge in [-0.3, -0.25) is 5.43 Å². The van der Waals surface area contributed by atoms with Gasteiger partial charge in [0.15, 0.2) is 10.7 Å². The summed E-state index contributed by atoms with van der Waals surface area (Å²) in [6.45, 7) is 0. The number of thioether (sulfide) groups is 1. The Bertz CT molecular complexity index is 264. The first-order valence-electron chi connectivity index (χ1n) is 3.09. The second-order valence-corrected chi connectivity index (χ2v) is 3.25. The summed E-state index contributed by atoms with van der Waals surface area (Å²) in [6, 6.07) is 0. The van der Waals surface area contributed by atoms with Crippen molar-refractivity contribution in [3.8, 4) is 0 Å². The molecule has 0 aliphatic carbocycles. The highest BCUT2D eigenvalue weighted by atomic mass is 32.2. The van der Waals surface area contributed by atoms with Gasteiger partial charge in [0, 0.05) is 0 Å². The fourth-order valence-electron chi connectivity index (χ4n) is 0.920. The lowest BCUT2D eigenvalue weighted by Crippen LogP contribution is -2.33. The fraction of sp³-hybridized carbons (Fsp3) is 0.500. The van der Waals surface area contributed by atoms with Gasteiger partial charge in [-0.2, -0.15) is 5.10 Å². The topological polar surface area (TPSA) is 66.0 Å². The van der Waals surface area contributed by atoms with Crippen LogP contribution in [0.25, 0.3) is 0 Å². The molecule has 1 unspecified atom stereocenters. The van der Waals surface area contributed by atoms with Crippen LogP contribution >= 0.6 is 11.8 Å². The van der Waals surface area contributed by atoms with E-state index in [0.717, 1.165) is 16.8 Å². The van der Waals surface area contributed by atoms with Gasteiger partial charge in [0.1, 0.15) is 0 Å². The van der Waals surface area contributed by atoms with Crippen molar-refractivity contribution in [2.24, 2.45) is 15.9 Å². The minimum absolute atomic E-state index is 0.264. The number of nitrogens with one attached hydrogen (secondary N) is 1. The van der Waals surface area contributed by atoms with Crippen molar-refractivity contribution in [1.82, 2.24) is 10.4 Å². The lowest BCUT2D eigenvalue weighted by atomic mass is 10.6. The maximum atomic E-state index is 12.2. The van der Waals surface area contributed by atoms with E-state index in [-0.39, 0.29) is 11.0 Å². The Morgan fingerprint density at radius 3 is 3.08 bits per heavy atom. The van der Waals surface area contributed by atoms with Gasteiger partial charge >= 0.3 is 0 Å². The highest BCUT2D eigenvalue weighted by Gasteiger charge is 2.38. The van der Waals surface area contributed by atoms with Crippen LogP contribution in [-0.4, -0.2) is 27.9 Å². The maximum Gasteiger partial charge on any atom is 0.298 e. The molecule has 12 heavy (non-hydrogen) atoms. The molecule has 5 nitrogen and oxygen atoms in total. The number of nitrogens with zero attached hydrogens (tertiary/aromatic N) is 3. The number of rotatable bonds is 1. The first-order chi connectivity index (χ1) is 5.68. The Balaban J connectivity index is 2.19. The van der Waals surface area contributed by atoms with E-state index >= 15 is 0 Å². The molecular formula is C4H5F2N5S. The van der Waals surface area contributed by atoms with Crippen molar-refractivity contribution in [2.75, 3.05) is 0 Å². The molecule has 2 heterocycles. The van der Waals surface area contributed by atoms with Gasteiger partial charge < -0.3 is 5.73 Å². The van der Waals surface area contributed by atoms with Gasteiger partial charge in [0.25, 0.3) is 6.43 Å². The third-order valence-corrected chi connectivity index (χ3v) is 2.23. The highest BCUT2D eigenvalue weighted by Crippen LogP contribution is 2.26. The number of hydrogen-bond donors (Lipinski definition) is 2. The zero-order valence-corrected chi connectivity index (χ0v) is 6.55. The minimum atomic E-state index is -2.63. The summed E-state index contributed by atoms with van der Waals surface area (Å²) in [6.07, 6.45) is -2.63. The molecule has 2 aliphatic heterocycles. The van der Waals surface area contributed by atoms with Crippen LogP contribution in [0.5, 0.6) is 0 Å². The molecule has 0 saturated carbocycles. The van der Waals surface area contributed by atoms with Gasteiger partial charge in [0.05, 0.1) is 0 Å². The Morgan fingerprint density at radius 1 is 1.67 bits per heavy atom. The molecule has 0 radical (unpaired) electrons. The molecule has 0 aromatic carbocycles. The van der Waals surface area contributed by atoms with E-state index in [1.54, 1.807) is 0 Å². The van der Waals surface area contributed by atoms with Crippen molar-refractivity contribution < 1.29 is 8.78 Å². The molecule has 2 aliphatic rings. The van der Waals surface area contributed by atoms with Crippen LogP contribution in [-0.2, 0) is 0 Å². The largest absolute Gasteiger partial charge is 0.377 e. The third-order valence-electron chi connectivity index (χ3n) is 1.38. The van der Waals surface area contributed by atoms with E-state index in [2.05, 4.69) is 15.6 Å². The van der Waals surface area contributed by atoms with Crippen LogP contribution < -0.4 is 11.2 Å². The Hall–Kier alpha value is -1.05. The average molecular weight is 193 g/mol. The van der Waals surface area contributed by atoms with E-state index in [4.69, 9.17) is 5.73 Å². The van der Waals surface area contributed by atoms with Crippen molar-refractivity contribution in [1.29, 1.82) is 0 Å². The quantitative estimate of drug-likeness (QED) is 0.601. The highest BCUT2D eigenvalue weighted by molar-refractivity contribution is 8.14. The zero-order valence-electron chi connectivity index (χ0n) is 5.74. The van der Waals surface area contributed by atoms with Gasteiger partial charge in [0.2, 0.25) is 5.84 Å². The number of halogens is 2. The van der Waals surface area contributed by atoms with Crippen molar-refractivity contribution in [2.45, 2.75) is 11.9 Å². The lowest BCUT2D eigenvalue weighted by molar-refractivity contribution is 0.205. The predicted octanol–water partition coefficient (Wildman–Crippen LogP) is -0.270. The van der Waals surface area contributed by atoms with Gasteiger partial charge in [-0.1, -0.05) is 0 Å². The van der Waals surface area contributed by atoms with E-state index in [9.17, 15) is 8.78 Å². The number of hydrazone groups is 2. The van der Waals surface area contributed by atoms with Crippen molar-refractivity contribution in [3.05, 3.63) is 0 Å². The molecule has 0 aromatic heterocycles. The second kappa shape index (κ2) is 2.47. The number of fused-ring (bicyclic) bond motifs is 1.